The van der Waals surface area contributed by atoms with Crippen LogP contribution in [0.3, 0.4) is 0 Å². The Morgan fingerprint density at radius 1 is 1.42 bits per heavy atom. The minimum Gasteiger partial charge on any atom is -1.00 e. The Kier molecular flexibility index (Phi) is 6.73. The summed E-state index contributed by atoms with van der Waals surface area (Å²) in [6, 6.07) is 0. The quantitative estimate of drug-likeness (QED) is 0.546. The molecular weight excluding hydrogens is 273 g/mol. The summed E-state index contributed by atoms with van der Waals surface area (Å²) in [7, 11) is 0. The van der Waals surface area contributed by atoms with Gasteiger partial charge >= 0.3 is 29.6 Å². The second-order valence-electron chi connectivity index (χ2n) is 4.36. The van der Waals surface area contributed by atoms with Crippen molar-refractivity contribution in [1.29, 1.82) is 0 Å². The summed E-state index contributed by atoms with van der Waals surface area (Å²) in [4.78, 5) is 18.5. The van der Waals surface area contributed by atoms with Gasteiger partial charge in [-0.25, -0.2) is 0 Å². The molecule has 0 fully saturated rings. The van der Waals surface area contributed by atoms with Crippen LogP contribution in [0.2, 0.25) is 0 Å². The van der Waals surface area contributed by atoms with Crippen LogP contribution in [0, 0.1) is 0 Å². The van der Waals surface area contributed by atoms with Crippen molar-refractivity contribution in [3.05, 3.63) is 10.4 Å². The number of rotatable bonds is 5. The van der Waals surface area contributed by atoms with Gasteiger partial charge in [0.25, 0.3) is 5.56 Å². The first-order valence-corrected chi connectivity index (χ1v) is 7.39. The number of hydrogen-bond donors (Lipinski definition) is 1. The van der Waals surface area contributed by atoms with E-state index in [0.717, 1.165) is 31.7 Å². The maximum atomic E-state index is 12.4. The Balaban J connectivity index is 0.00000180. The zero-order chi connectivity index (χ0) is 13.1. The molecule has 0 unspecified atom stereocenters. The van der Waals surface area contributed by atoms with Crippen molar-refractivity contribution in [3.63, 3.8) is 0 Å². The van der Waals surface area contributed by atoms with E-state index >= 15 is 0 Å². The van der Waals surface area contributed by atoms with Gasteiger partial charge in [-0.05, 0) is 12.8 Å². The predicted molar refractivity (Wildman–Crippen MR) is 74.8 cm³/mol. The SMILES string of the molecule is CCCN(CCC)c1c(O)nc2n(c1=O)CCS2.[H-].[Na+]. The molecule has 0 saturated heterocycles. The van der Waals surface area contributed by atoms with Crippen molar-refractivity contribution >= 4 is 17.4 Å². The molecule has 5 nitrogen and oxygen atoms in total. The second-order valence-corrected chi connectivity index (χ2v) is 5.42. The number of fused-ring (bicyclic) bond motifs is 1. The molecule has 1 aliphatic rings. The van der Waals surface area contributed by atoms with E-state index < -0.39 is 0 Å². The molecule has 1 aliphatic heterocycles. The fourth-order valence-electron chi connectivity index (χ4n) is 2.20. The van der Waals surface area contributed by atoms with Crippen molar-refractivity contribution in [2.45, 2.75) is 38.4 Å². The smallest absolute Gasteiger partial charge is 1.00 e. The van der Waals surface area contributed by atoms with Gasteiger partial charge in [0.1, 0.15) is 0 Å². The van der Waals surface area contributed by atoms with Gasteiger partial charge in [-0.1, -0.05) is 25.6 Å². The fourth-order valence-corrected chi connectivity index (χ4v) is 3.14. The summed E-state index contributed by atoms with van der Waals surface area (Å²) >= 11 is 1.52. The Hall–Kier alpha value is -0.170. The summed E-state index contributed by atoms with van der Waals surface area (Å²) in [6.45, 7) is 6.35. The summed E-state index contributed by atoms with van der Waals surface area (Å²) in [5, 5.41) is 10.6. The van der Waals surface area contributed by atoms with E-state index in [9.17, 15) is 9.90 Å². The molecule has 0 spiro atoms. The molecule has 1 N–H and O–H groups in total. The van der Waals surface area contributed by atoms with Gasteiger partial charge < -0.3 is 11.4 Å². The van der Waals surface area contributed by atoms with Crippen LogP contribution in [-0.2, 0) is 6.54 Å². The second kappa shape index (κ2) is 7.57. The Bertz CT molecular complexity index is 492. The fraction of sp³-hybridized carbons (Fsp3) is 0.667. The molecule has 0 atom stereocenters. The van der Waals surface area contributed by atoms with Crippen LogP contribution in [0.15, 0.2) is 9.95 Å². The van der Waals surface area contributed by atoms with E-state index in [0.29, 0.717) is 17.4 Å². The van der Waals surface area contributed by atoms with Crippen molar-refractivity contribution in [1.82, 2.24) is 9.55 Å². The standard InChI is InChI=1S/C12H19N3O2S.Na.H/c1-3-5-14(6-4-2)9-10(16)13-12-15(11(9)17)7-8-18-12;;/h16H,3-8H2,1-2H3;;/q;+1;-1. The molecule has 7 heteroatoms. The Morgan fingerprint density at radius 3 is 2.63 bits per heavy atom. The van der Waals surface area contributed by atoms with Crippen molar-refractivity contribution in [2.75, 3.05) is 23.7 Å². The van der Waals surface area contributed by atoms with Crippen molar-refractivity contribution < 1.29 is 36.1 Å². The van der Waals surface area contributed by atoms with Crippen LogP contribution in [0.4, 0.5) is 5.69 Å². The molecule has 102 valence electrons. The first-order chi connectivity index (χ1) is 8.69. The maximum absolute atomic E-state index is 12.4. The monoisotopic (exact) mass is 293 g/mol. The topological polar surface area (TPSA) is 58.4 Å². The number of thioether (sulfide) groups is 1. The molecule has 0 radical (unpaired) electrons. The van der Waals surface area contributed by atoms with E-state index in [2.05, 4.69) is 18.8 Å². The first kappa shape index (κ1) is 16.9. The zero-order valence-electron chi connectivity index (χ0n) is 12.8. The van der Waals surface area contributed by atoms with Crippen molar-refractivity contribution in [2.24, 2.45) is 0 Å². The van der Waals surface area contributed by atoms with Crippen LogP contribution >= 0.6 is 11.8 Å². The molecule has 0 saturated carbocycles. The number of nitrogens with zero attached hydrogens (tertiary/aromatic N) is 3. The third-order valence-corrected chi connectivity index (χ3v) is 3.90. The zero-order valence-corrected chi connectivity index (χ0v) is 14.7. The molecule has 0 bridgehead atoms. The van der Waals surface area contributed by atoms with Gasteiger partial charge in [-0.3, -0.25) is 9.36 Å². The Morgan fingerprint density at radius 2 is 2.05 bits per heavy atom. The molecule has 1 aromatic heterocycles. The van der Waals surface area contributed by atoms with Crippen LogP contribution in [0.1, 0.15) is 28.1 Å². The van der Waals surface area contributed by atoms with Gasteiger partial charge in [0.05, 0.1) is 0 Å². The maximum Gasteiger partial charge on any atom is 1.00 e. The van der Waals surface area contributed by atoms with Gasteiger partial charge in [0.15, 0.2) is 10.8 Å². The first-order valence-electron chi connectivity index (χ1n) is 6.40. The number of hydrogen-bond acceptors (Lipinski definition) is 5. The van der Waals surface area contributed by atoms with Gasteiger partial charge in [-0.2, -0.15) is 4.98 Å². The molecule has 0 aliphatic carbocycles. The van der Waals surface area contributed by atoms with Gasteiger partial charge in [0, 0.05) is 25.4 Å². The number of anilines is 1. The largest absolute Gasteiger partial charge is 1.00 e. The number of aromatic nitrogens is 2. The minimum absolute atomic E-state index is 0. The molecule has 0 amide bonds. The molecule has 2 rings (SSSR count). The minimum atomic E-state index is -0.123. The number of aromatic hydroxyl groups is 1. The van der Waals surface area contributed by atoms with E-state index in [1.165, 1.54) is 11.8 Å². The molecule has 1 aromatic rings. The van der Waals surface area contributed by atoms with Gasteiger partial charge in [-0.15, -0.1) is 0 Å². The average Bonchev–Trinajstić information content (AvgIpc) is 2.77. The summed E-state index contributed by atoms with van der Waals surface area (Å²) < 4.78 is 1.66. The predicted octanol–water partition coefficient (Wildman–Crippen LogP) is -1.20. The van der Waals surface area contributed by atoms with E-state index in [4.69, 9.17) is 0 Å². The third-order valence-electron chi connectivity index (χ3n) is 2.94. The van der Waals surface area contributed by atoms with Crippen LogP contribution in [-0.4, -0.2) is 33.5 Å². The summed E-state index contributed by atoms with van der Waals surface area (Å²) in [5.41, 5.74) is 0.259. The third kappa shape index (κ3) is 3.48. The van der Waals surface area contributed by atoms with Gasteiger partial charge in [0.2, 0.25) is 5.88 Å². The van der Waals surface area contributed by atoms with E-state index in [1.807, 2.05) is 4.90 Å². The molecule has 19 heavy (non-hydrogen) atoms. The molecular formula is C12H20N3NaO2S. The van der Waals surface area contributed by atoms with E-state index in [-0.39, 0.29) is 42.4 Å². The Labute approximate surface area is 141 Å². The van der Waals surface area contributed by atoms with Crippen molar-refractivity contribution in [3.8, 4) is 5.88 Å². The summed E-state index contributed by atoms with van der Waals surface area (Å²) in [6.07, 6.45) is 1.88. The van der Waals surface area contributed by atoms with E-state index in [1.54, 1.807) is 4.57 Å². The molecule has 2 heterocycles. The summed E-state index contributed by atoms with van der Waals surface area (Å²) in [5.74, 6) is 0.731. The molecule has 0 aromatic carbocycles. The van der Waals surface area contributed by atoms with Crippen LogP contribution in [0.25, 0.3) is 0 Å². The normalized spacial score (nSPS) is 12.9. The van der Waals surface area contributed by atoms with Crippen LogP contribution in [0.5, 0.6) is 5.88 Å². The van der Waals surface area contributed by atoms with Crippen LogP contribution < -0.4 is 40.0 Å². The average molecular weight is 293 g/mol.